The summed E-state index contributed by atoms with van der Waals surface area (Å²) in [5, 5.41) is 1.81. The number of hydrogen-bond acceptors (Lipinski definition) is 7. The average Bonchev–Trinajstić information content (AvgIpc) is 2.68. The molecule has 0 unspecified atom stereocenters. The Labute approximate surface area is 102 Å². The van der Waals surface area contributed by atoms with Crippen molar-refractivity contribution in [3.05, 3.63) is 28.6 Å². The molecule has 4 N–H and O–H groups in total. The van der Waals surface area contributed by atoms with E-state index >= 15 is 0 Å². The van der Waals surface area contributed by atoms with Crippen LogP contribution in [-0.2, 0) is 15.6 Å². The van der Waals surface area contributed by atoms with E-state index in [0.717, 1.165) is 11.1 Å². The number of aromatic nitrogens is 2. The summed E-state index contributed by atoms with van der Waals surface area (Å²) in [6.07, 6.45) is 1.14. The molecule has 0 spiro atoms. The van der Waals surface area contributed by atoms with Crippen LogP contribution in [0.5, 0.6) is 0 Å². The number of nitrogen functional groups attached to an aromatic ring is 2. The van der Waals surface area contributed by atoms with Crippen LogP contribution in [0.4, 0.5) is 11.8 Å². The molecule has 0 fully saturated rings. The van der Waals surface area contributed by atoms with Crippen molar-refractivity contribution in [3.63, 3.8) is 0 Å². The van der Waals surface area contributed by atoms with Gasteiger partial charge in [-0.25, -0.2) is 13.4 Å². The van der Waals surface area contributed by atoms with Gasteiger partial charge >= 0.3 is 0 Å². The van der Waals surface area contributed by atoms with Gasteiger partial charge in [-0.2, -0.15) is 4.98 Å². The highest BCUT2D eigenvalue weighted by Crippen LogP contribution is 2.22. The van der Waals surface area contributed by atoms with Gasteiger partial charge in [-0.1, -0.05) is 6.07 Å². The van der Waals surface area contributed by atoms with Crippen molar-refractivity contribution in [2.45, 2.75) is 10.6 Å². The molecule has 0 aliphatic carbocycles. The summed E-state index contributed by atoms with van der Waals surface area (Å²) in [5.41, 5.74) is 10.8. The van der Waals surface area contributed by atoms with E-state index < -0.39 is 9.84 Å². The normalized spacial score (nSPS) is 11.5. The lowest BCUT2D eigenvalue weighted by atomic mass is 10.5. The van der Waals surface area contributed by atoms with Crippen LogP contribution in [0.25, 0.3) is 0 Å². The van der Waals surface area contributed by atoms with E-state index in [2.05, 4.69) is 9.97 Å². The van der Waals surface area contributed by atoms with Crippen molar-refractivity contribution in [2.75, 3.05) is 11.5 Å². The lowest BCUT2D eigenvalue weighted by molar-refractivity contribution is 0.595. The van der Waals surface area contributed by atoms with Crippen LogP contribution in [0.1, 0.15) is 4.88 Å². The zero-order chi connectivity index (χ0) is 12.5. The summed E-state index contributed by atoms with van der Waals surface area (Å²) >= 11 is 1.37. The van der Waals surface area contributed by atoms with Crippen molar-refractivity contribution >= 4 is 32.9 Å². The fourth-order valence-electron chi connectivity index (χ4n) is 1.30. The van der Waals surface area contributed by atoms with Crippen molar-refractivity contribution < 1.29 is 8.42 Å². The van der Waals surface area contributed by atoms with Crippen LogP contribution in [0.3, 0.4) is 0 Å². The largest absolute Gasteiger partial charge is 0.382 e. The molecule has 0 bridgehead atoms. The Bertz CT molecular complexity index is 622. The summed E-state index contributed by atoms with van der Waals surface area (Å²) in [4.78, 5) is 7.94. The first-order valence-electron chi connectivity index (χ1n) is 4.62. The molecule has 8 heteroatoms. The Balaban J connectivity index is 2.38. The Morgan fingerprint density at radius 1 is 1.35 bits per heavy atom. The predicted molar refractivity (Wildman–Crippen MR) is 66.1 cm³/mol. The Morgan fingerprint density at radius 2 is 2.12 bits per heavy atom. The van der Waals surface area contributed by atoms with Gasteiger partial charge in [0, 0.05) is 4.88 Å². The van der Waals surface area contributed by atoms with Gasteiger partial charge in [0.15, 0.2) is 9.84 Å². The fraction of sp³-hybridized carbons (Fsp3) is 0.111. The molecule has 2 heterocycles. The van der Waals surface area contributed by atoms with E-state index in [9.17, 15) is 8.42 Å². The predicted octanol–water partition coefficient (Wildman–Crippen LogP) is 0.676. The van der Waals surface area contributed by atoms with E-state index in [1.807, 2.05) is 5.38 Å². The highest BCUT2D eigenvalue weighted by atomic mass is 32.2. The van der Waals surface area contributed by atoms with Crippen LogP contribution in [-0.4, -0.2) is 18.4 Å². The molecule has 0 saturated heterocycles. The van der Waals surface area contributed by atoms with Gasteiger partial charge in [0.2, 0.25) is 5.95 Å². The van der Waals surface area contributed by atoms with E-state index in [-0.39, 0.29) is 22.4 Å². The van der Waals surface area contributed by atoms with E-state index in [4.69, 9.17) is 11.5 Å². The van der Waals surface area contributed by atoms with Gasteiger partial charge in [0.25, 0.3) is 0 Å². The molecule has 0 aliphatic rings. The van der Waals surface area contributed by atoms with Gasteiger partial charge in [-0.05, 0) is 11.4 Å². The van der Waals surface area contributed by atoms with Gasteiger partial charge in [-0.15, -0.1) is 11.3 Å². The molecule has 0 radical (unpaired) electrons. The summed E-state index contributed by atoms with van der Waals surface area (Å²) in [5.74, 6) is -0.270. The van der Waals surface area contributed by atoms with Gasteiger partial charge < -0.3 is 11.5 Å². The lowest BCUT2D eigenvalue weighted by Gasteiger charge is -2.05. The Hall–Kier alpha value is -1.67. The first-order chi connectivity index (χ1) is 7.99. The monoisotopic (exact) mass is 270 g/mol. The Kier molecular flexibility index (Phi) is 2.99. The second kappa shape index (κ2) is 4.30. The maximum absolute atomic E-state index is 12.0. The number of sulfone groups is 1. The average molecular weight is 270 g/mol. The third-order valence-electron chi connectivity index (χ3n) is 2.05. The molecule has 2 aromatic heterocycles. The number of nitrogens with zero attached hydrogens (tertiary/aromatic N) is 2. The second-order valence-electron chi connectivity index (χ2n) is 3.32. The molecule has 0 aromatic carbocycles. The summed E-state index contributed by atoms with van der Waals surface area (Å²) in [6, 6.07) is 3.54. The van der Waals surface area contributed by atoms with E-state index in [1.54, 1.807) is 12.1 Å². The maximum atomic E-state index is 12.0. The number of rotatable bonds is 3. The van der Waals surface area contributed by atoms with E-state index in [0.29, 0.717) is 0 Å². The van der Waals surface area contributed by atoms with Crippen LogP contribution >= 0.6 is 11.3 Å². The SMILES string of the molecule is Nc1ncc(S(=O)(=O)Cc2cccs2)c(N)n1. The first-order valence-corrected chi connectivity index (χ1v) is 7.15. The molecule has 0 atom stereocenters. The van der Waals surface area contributed by atoms with Gasteiger partial charge in [0.05, 0.1) is 11.9 Å². The fourth-order valence-corrected chi connectivity index (χ4v) is 3.73. The summed E-state index contributed by atoms with van der Waals surface area (Å²) in [7, 11) is -3.53. The van der Waals surface area contributed by atoms with Gasteiger partial charge in [-0.3, -0.25) is 0 Å². The molecule has 90 valence electrons. The van der Waals surface area contributed by atoms with Crippen LogP contribution < -0.4 is 11.5 Å². The number of hydrogen-bond donors (Lipinski definition) is 2. The molecule has 0 amide bonds. The third-order valence-corrected chi connectivity index (χ3v) is 4.78. The van der Waals surface area contributed by atoms with Gasteiger partial charge in [0.1, 0.15) is 10.7 Å². The molecule has 17 heavy (non-hydrogen) atoms. The van der Waals surface area contributed by atoms with Crippen molar-refractivity contribution in [3.8, 4) is 0 Å². The molecule has 0 saturated carbocycles. The standard InChI is InChI=1S/C9H10N4O2S2/c10-8-7(4-12-9(11)13-8)17(14,15)5-6-2-1-3-16-6/h1-4H,5H2,(H4,10,11,12,13). The molecular weight excluding hydrogens is 260 g/mol. The van der Waals surface area contributed by atoms with Crippen molar-refractivity contribution in [2.24, 2.45) is 0 Å². The molecule has 0 aliphatic heterocycles. The van der Waals surface area contributed by atoms with E-state index in [1.165, 1.54) is 11.3 Å². The van der Waals surface area contributed by atoms with Crippen molar-refractivity contribution in [1.29, 1.82) is 0 Å². The van der Waals surface area contributed by atoms with Crippen LogP contribution in [0, 0.1) is 0 Å². The second-order valence-corrected chi connectivity index (χ2v) is 6.31. The minimum Gasteiger partial charge on any atom is -0.382 e. The zero-order valence-corrected chi connectivity index (χ0v) is 10.3. The zero-order valence-electron chi connectivity index (χ0n) is 8.70. The summed E-state index contributed by atoms with van der Waals surface area (Å²) in [6.45, 7) is 0. The highest BCUT2D eigenvalue weighted by Gasteiger charge is 2.20. The first kappa shape index (κ1) is 11.8. The number of anilines is 2. The topological polar surface area (TPSA) is 112 Å². The number of thiophene rings is 1. The smallest absolute Gasteiger partial charge is 0.221 e. The highest BCUT2D eigenvalue weighted by molar-refractivity contribution is 7.91. The lowest BCUT2D eigenvalue weighted by Crippen LogP contribution is -2.10. The minimum absolute atomic E-state index is 0.0439. The molecule has 2 aromatic rings. The molecular formula is C9H10N4O2S2. The number of nitrogens with two attached hydrogens (primary N) is 2. The quantitative estimate of drug-likeness (QED) is 0.848. The van der Waals surface area contributed by atoms with Crippen LogP contribution in [0.2, 0.25) is 0 Å². The maximum Gasteiger partial charge on any atom is 0.221 e. The Morgan fingerprint density at radius 3 is 2.71 bits per heavy atom. The van der Waals surface area contributed by atoms with Crippen molar-refractivity contribution in [1.82, 2.24) is 9.97 Å². The van der Waals surface area contributed by atoms with Crippen LogP contribution in [0.15, 0.2) is 28.6 Å². The third kappa shape index (κ3) is 2.53. The summed E-state index contributed by atoms with van der Waals surface area (Å²) < 4.78 is 24.1. The molecule has 6 nitrogen and oxygen atoms in total. The minimum atomic E-state index is -3.53. The molecule has 2 rings (SSSR count).